The first kappa shape index (κ1) is 16.4. The number of rotatable bonds is 6. The number of primary amides is 1. The number of carbonyl (C=O) groups excluding carboxylic acids is 1. The number of methoxy groups -OCH3 is 1. The van der Waals surface area contributed by atoms with Crippen molar-refractivity contribution in [3.05, 3.63) is 36.9 Å². The quantitative estimate of drug-likeness (QED) is 0.329. The third-order valence-corrected chi connectivity index (χ3v) is 2.70. The predicted octanol–water partition coefficient (Wildman–Crippen LogP) is 0.909. The third-order valence-electron chi connectivity index (χ3n) is 2.70. The minimum Gasteiger partial charge on any atom is -0.495 e. The number of allylic oxidation sites excluding steroid dienone is 1. The van der Waals surface area contributed by atoms with Gasteiger partial charge in [0.2, 0.25) is 11.9 Å². The van der Waals surface area contributed by atoms with Gasteiger partial charge < -0.3 is 15.8 Å². The molecule has 0 spiro atoms. The topological polar surface area (TPSA) is 101 Å². The Morgan fingerprint density at radius 3 is 2.62 bits per heavy atom. The molecule has 0 radical (unpaired) electrons. The number of aliphatic imine (C=N–C) groups is 3. The molecule has 0 bridgehead atoms. The minimum atomic E-state index is -0.485. The molecule has 1 aliphatic rings. The molecule has 112 valence electrons. The maximum atomic E-state index is 10.9. The molecule has 1 atom stereocenters. The summed E-state index contributed by atoms with van der Waals surface area (Å²) in [5, 5.41) is 2.86. The summed E-state index contributed by atoms with van der Waals surface area (Å²) < 4.78 is 4.96. The van der Waals surface area contributed by atoms with E-state index in [1.54, 1.807) is 13.1 Å². The molecule has 7 heteroatoms. The van der Waals surface area contributed by atoms with Crippen molar-refractivity contribution in [2.24, 2.45) is 20.7 Å². The number of amides is 1. The molecule has 21 heavy (non-hydrogen) atoms. The summed E-state index contributed by atoms with van der Waals surface area (Å²) in [7, 11) is 1.49. The first-order chi connectivity index (χ1) is 9.88. The van der Waals surface area contributed by atoms with Gasteiger partial charge >= 0.3 is 0 Å². The van der Waals surface area contributed by atoms with Crippen molar-refractivity contribution in [3.8, 4) is 0 Å². The number of nitrogens with zero attached hydrogens (tertiary/aromatic N) is 3. The Morgan fingerprint density at radius 2 is 2.14 bits per heavy atom. The standard InChI is InChI=1S/C14H19N5O2/c1-6-16-14(17-8(2)10(4)21-5)18-9(3)11-7-12(19-11)13(15)20/h6,12H,2-4,7H2,1,5H3,(H2,15,20)(H,17,18). The average molecular weight is 289 g/mol. The summed E-state index contributed by atoms with van der Waals surface area (Å²) in [6, 6.07) is -0.485. The lowest BCUT2D eigenvalue weighted by Gasteiger charge is -2.21. The number of hydrogen-bond acceptors (Lipinski definition) is 4. The molecule has 0 aromatic heterocycles. The highest BCUT2D eigenvalue weighted by Crippen LogP contribution is 2.18. The van der Waals surface area contributed by atoms with Crippen LogP contribution in [0.5, 0.6) is 0 Å². The molecule has 0 fully saturated rings. The summed E-state index contributed by atoms with van der Waals surface area (Å²) in [5.74, 6) is 0.190. The highest BCUT2D eigenvalue weighted by atomic mass is 16.5. The molecule has 0 aromatic carbocycles. The molecule has 3 N–H and O–H groups in total. The smallest absolute Gasteiger partial charge is 0.242 e. The van der Waals surface area contributed by atoms with Gasteiger partial charge in [-0.15, -0.1) is 0 Å². The fourth-order valence-electron chi connectivity index (χ4n) is 1.45. The van der Waals surface area contributed by atoms with Gasteiger partial charge in [-0.1, -0.05) is 19.7 Å². The van der Waals surface area contributed by atoms with Gasteiger partial charge in [-0.05, 0) is 6.92 Å². The van der Waals surface area contributed by atoms with E-state index in [4.69, 9.17) is 10.5 Å². The van der Waals surface area contributed by atoms with Crippen LogP contribution in [0.2, 0.25) is 0 Å². The van der Waals surface area contributed by atoms with Gasteiger partial charge in [0, 0.05) is 12.6 Å². The summed E-state index contributed by atoms with van der Waals surface area (Å²) in [4.78, 5) is 23.2. The maximum absolute atomic E-state index is 10.9. The van der Waals surface area contributed by atoms with Gasteiger partial charge in [0.15, 0.2) is 0 Å². The van der Waals surface area contributed by atoms with E-state index < -0.39 is 11.9 Å². The van der Waals surface area contributed by atoms with Crippen molar-refractivity contribution in [2.75, 3.05) is 7.11 Å². The predicted molar refractivity (Wildman–Crippen MR) is 84.2 cm³/mol. The Morgan fingerprint density at radius 1 is 1.52 bits per heavy atom. The van der Waals surface area contributed by atoms with Crippen LogP contribution in [0.15, 0.2) is 51.9 Å². The van der Waals surface area contributed by atoms with E-state index in [1.165, 1.54) is 7.11 Å². The summed E-state index contributed by atoms with van der Waals surface area (Å²) in [5.41, 5.74) is 6.61. The van der Waals surface area contributed by atoms with E-state index in [2.05, 4.69) is 40.0 Å². The van der Waals surface area contributed by atoms with Crippen LogP contribution < -0.4 is 11.1 Å². The fourth-order valence-corrected chi connectivity index (χ4v) is 1.45. The zero-order chi connectivity index (χ0) is 16.0. The maximum Gasteiger partial charge on any atom is 0.242 e. The number of guanidine groups is 1. The van der Waals surface area contributed by atoms with Gasteiger partial charge in [0.25, 0.3) is 0 Å². The summed E-state index contributed by atoms with van der Waals surface area (Å²) >= 11 is 0. The van der Waals surface area contributed by atoms with Crippen LogP contribution in [0.1, 0.15) is 13.3 Å². The molecule has 1 aliphatic heterocycles. The number of carbonyl (C=O) groups is 1. The van der Waals surface area contributed by atoms with Crippen LogP contribution in [0.4, 0.5) is 0 Å². The van der Waals surface area contributed by atoms with Gasteiger partial charge in [-0.3, -0.25) is 9.79 Å². The second-order valence-corrected chi connectivity index (χ2v) is 4.20. The van der Waals surface area contributed by atoms with Crippen LogP contribution in [-0.4, -0.2) is 36.9 Å². The Balaban J connectivity index is 2.79. The van der Waals surface area contributed by atoms with E-state index >= 15 is 0 Å². The van der Waals surface area contributed by atoms with E-state index in [9.17, 15) is 4.79 Å². The van der Waals surface area contributed by atoms with Crippen molar-refractivity contribution in [1.29, 1.82) is 0 Å². The molecular weight excluding hydrogens is 270 g/mol. The van der Waals surface area contributed by atoms with Crippen LogP contribution >= 0.6 is 0 Å². The monoisotopic (exact) mass is 289 g/mol. The van der Waals surface area contributed by atoms with E-state index in [0.717, 1.165) is 0 Å². The summed E-state index contributed by atoms with van der Waals surface area (Å²) in [6.07, 6.45) is 2.00. The van der Waals surface area contributed by atoms with Crippen LogP contribution in [-0.2, 0) is 9.53 Å². The van der Waals surface area contributed by atoms with Gasteiger partial charge in [-0.2, -0.15) is 0 Å². The number of nitrogens with two attached hydrogens (primary N) is 1. The molecule has 1 unspecified atom stereocenters. The molecule has 0 aromatic rings. The Kier molecular flexibility index (Phi) is 5.59. The van der Waals surface area contributed by atoms with Crippen molar-refractivity contribution in [1.82, 2.24) is 5.32 Å². The van der Waals surface area contributed by atoms with Crippen LogP contribution in [0.3, 0.4) is 0 Å². The highest BCUT2D eigenvalue weighted by molar-refractivity contribution is 6.09. The normalized spacial score (nSPS) is 17.7. The first-order valence-electron chi connectivity index (χ1n) is 6.20. The molecular formula is C14H19N5O2. The molecule has 7 nitrogen and oxygen atoms in total. The third kappa shape index (κ3) is 4.41. The fraction of sp³-hybridized carbons (Fsp3) is 0.286. The Bertz CT molecular complexity index is 572. The second kappa shape index (κ2) is 7.18. The largest absolute Gasteiger partial charge is 0.495 e. The first-order valence-corrected chi connectivity index (χ1v) is 6.20. The highest BCUT2D eigenvalue weighted by Gasteiger charge is 2.27. The van der Waals surface area contributed by atoms with Crippen molar-refractivity contribution in [2.45, 2.75) is 19.4 Å². The number of hydrogen-bond donors (Lipinski definition) is 2. The van der Waals surface area contributed by atoms with Crippen molar-refractivity contribution >= 4 is 23.8 Å². The van der Waals surface area contributed by atoms with E-state index in [0.29, 0.717) is 29.3 Å². The SMILES string of the molecule is C=C(N=C(N=CC)NC(=C)C(=C)OC)C1=NC(C(N)=O)C1. The second-order valence-electron chi connectivity index (χ2n) is 4.20. The van der Waals surface area contributed by atoms with Crippen LogP contribution in [0.25, 0.3) is 0 Å². The number of ether oxygens (including phenoxy) is 1. The van der Waals surface area contributed by atoms with Crippen molar-refractivity contribution in [3.63, 3.8) is 0 Å². The molecule has 0 aliphatic carbocycles. The van der Waals surface area contributed by atoms with Crippen LogP contribution in [0, 0.1) is 0 Å². The lowest BCUT2D eigenvalue weighted by molar-refractivity contribution is -0.119. The summed E-state index contributed by atoms with van der Waals surface area (Å²) in [6.45, 7) is 13.0. The minimum absolute atomic E-state index is 0.274. The lowest BCUT2D eigenvalue weighted by Crippen LogP contribution is -2.37. The average Bonchev–Trinajstić information content (AvgIpc) is 2.35. The molecule has 0 saturated carbocycles. The van der Waals surface area contributed by atoms with E-state index in [-0.39, 0.29) is 5.96 Å². The zero-order valence-corrected chi connectivity index (χ0v) is 12.2. The van der Waals surface area contributed by atoms with Crippen molar-refractivity contribution < 1.29 is 9.53 Å². The Labute approximate surface area is 123 Å². The Hall–Kier alpha value is -2.70. The molecule has 1 heterocycles. The molecule has 1 amide bonds. The van der Waals surface area contributed by atoms with Gasteiger partial charge in [-0.25, -0.2) is 9.98 Å². The lowest BCUT2D eigenvalue weighted by atomic mass is 10.0. The molecule has 1 rings (SSSR count). The zero-order valence-electron chi connectivity index (χ0n) is 12.2. The van der Waals surface area contributed by atoms with E-state index in [1.807, 2.05) is 0 Å². The number of nitrogens with one attached hydrogen (secondary N) is 1. The van der Waals surface area contributed by atoms with Gasteiger partial charge in [0.05, 0.1) is 24.2 Å². The molecule has 0 saturated heterocycles. The van der Waals surface area contributed by atoms with Gasteiger partial charge in [0.1, 0.15) is 11.8 Å².